The van der Waals surface area contributed by atoms with E-state index in [4.69, 9.17) is 21.7 Å². The maximum atomic E-state index is 13.1. The molecule has 7 heteroatoms. The Labute approximate surface area is 202 Å². The van der Waals surface area contributed by atoms with Crippen LogP contribution in [0.3, 0.4) is 0 Å². The molecule has 0 bridgehead atoms. The number of ether oxygens (including phenoxy) is 2. The molecule has 168 valence electrons. The van der Waals surface area contributed by atoms with Gasteiger partial charge in [-0.1, -0.05) is 72.0 Å². The molecule has 1 aliphatic rings. The second-order valence-electron chi connectivity index (χ2n) is 7.58. The zero-order chi connectivity index (χ0) is 23.4. The maximum absolute atomic E-state index is 13.1. The third-order valence-corrected chi connectivity index (χ3v) is 6.51. The number of rotatable bonds is 7. The minimum Gasteiger partial charge on any atom is -0.493 e. The van der Waals surface area contributed by atoms with Gasteiger partial charge in [0.1, 0.15) is 16.7 Å². The van der Waals surface area contributed by atoms with E-state index in [0.29, 0.717) is 27.3 Å². The SMILES string of the molecule is COc1cc(/C=C2\SC(=S)N(Cc3ccc(C)cc3)C2=O)ccc1OCc1ccc(F)cc1. The van der Waals surface area contributed by atoms with Crippen LogP contribution in [0, 0.1) is 12.7 Å². The summed E-state index contributed by atoms with van der Waals surface area (Å²) in [6.45, 7) is 2.76. The number of halogens is 1. The summed E-state index contributed by atoms with van der Waals surface area (Å²) in [5, 5.41) is 0. The molecule has 0 N–H and O–H groups in total. The molecule has 4 nitrogen and oxygen atoms in total. The molecular formula is C26H22FNO3S2. The molecule has 1 heterocycles. The highest BCUT2D eigenvalue weighted by atomic mass is 32.2. The number of carbonyl (C=O) groups excluding carboxylic acids is 1. The van der Waals surface area contributed by atoms with Gasteiger partial charge in [-0.3, -0.25) is 9.69 Å². The average Bonchev–Trinajstić information content (AvgIpc) is 3.07. The van der Waals surface area contributed by atoms with E-state index in [0.717, 1.165) is 16.7 Å². The quantitative estimate of drug-likeness (QED) is 0.301. The lowest BCUT2D eigenvalue weighted by Crippen LogP contribution is -2.27. The van der Waals surface area contributed by atoms with Crippen molar-refractivity contribution in [1.29, 1.82) is 0 Å². The maximum Gasteiger partial charge on any atom is 0.266 e. The van der Waals surface area contributed by atoms with Crippen LogP contribution in [0.2, 0.25) is 0 Å². The predicted octanol–water partition coefficient (Wildman–Crippen LogP) is 6.12. The van der Waals surface area contributed by atoms with Gasteiger partial charge < -0.3 is 9.47 Å². The first-order valence-corrected chi connectivity index (χ1v) is 11.5. The molecule has 0 radical (unpaired) electrons. The van der Waals surface area contributed by atoms with Crippen molar-refractivity contribution < 1.29 is 18.7 Å². The van der Waals surface area contributed by atoms with Crippen molar-refractivity contribution in [3.05, 3.63) is 99.7 Å². The number of thioether (sulfide) groups is 1. The molecule has 0 aromatic heterocycles. The first-order chi connectivity index (χ1) is 15.9. The van der Waals surface area contributed by atoms with Gasteiger partial charge in [-0.15, -0.1) is 0 Å². The smallest absolute Gasteiger partial charge is 0.266 e. The lowest BCUT2D eigenvalue weighted by Gasteiger charge is -2.14. The van der Waals surface area contributed by atoms with Gasteiger partial charge in [0.25, 0.3) is 5.91 Å². The van der Waals surface area contributed by atoms with Crippen LogP contribution >= 0.6 is 24.0 Å². The van der Waals surface area contributed by atoms with Crippen LogP contribution in [-0.2, 0) is 17.9 Å². The second-order valence-corrected chi connectivity index (χ2v) is 9.25. The molecule has 33 heavy (non-hydrogen) atoms. The Morgan fingerprint density at radius 2 is 1.70 bits per heavy atom. The third-order valence-electron chi connectivity index (χ3n) is 5.13. The summed E-state index contributed by atoms with van der Waals surface area (Å²) in [7, 11) is 1.56. The van der Waals surface area contributed by atoms with Crippen molar-refractivity contribution in [3.63, 3.8) is 0 Å². The highest BCUT2D eigenvalue weighted by Gasteiger charge is 2.32. The fourth-order valence-corrected chi connectivity index (χ4v) is 4.55. The number of nitrogens with zero attached hydrogens (tertiary/aromatic N) is 1. The molecule has 0 atom stereocenters. The molecule has 0 saturated carbocycles. The lowest BCUT2D eigenvalue weighted by atomic mass is 10.1. The summed E-state index contributed by atoms with van der Waals surface area (Å²) in [6, 6.07) is 19.7. The van der Waals surface area contributed by atoms with E-state index in [9.17, 15) is 9.18 Å². The highest BCUT2D eigenvalue weighted by Crippen LogP contribution is 2.35. The zero-order valence-corrected chi connectivity index (χ0v) is 19.8. The molecule has 0 unspecified atom stereocenters. The molecular weight excluding hydrogens is 457 g/mol. The summed E-state index contributed by atoms with van der Waals surface area (Å²) in [5.41, 5.74) is 3.85. The minimum atomic E-state index is -0.287. The van der Waals surface area contributed by atoms with E-state index < -0.39 is 0 Å². The van der Waals surface area contributed by atoms with Gasteiger partial charge in [0.15, 0.2) is 11.5 Å². The van der Waals surface area contributed by atoms with Gasteiger partial charge in [-0.2, -0.15) is 0 Å². The minimum absolute atomic E-state index is 0.110. The third kappa shape index (κ3) is 5.61. The van der Waals surface area contributed by atoms with Crippen LogP contribution in [0.15, 0.2) is 71.6 Å². The fraction of sp³-hybridized carbons (Fsp3) is 0.154. The summed E-state index contributed by atoms with van der Waals surface area (Å²) >= 11 is 6.74. The zero-order valence-electron chi connectivity index (χ0n) is 18.2. The van der Waals surface area contributed by atoms with E-state index in [1.807, 2.05) is 43.3 Å². The Kier molecular flexibility index (Phi) is 7.11. The van der Waals surface area contributed by atoms with Crippen molar-refractivity contribution >= 4 is 40.3 Å². The first kappa shape index (κ1) is 23.0. The van der Waals surface area contributed by atoms with Crippen molar-refractivity contribution in [2.75, 3.05) is 7.11 Å². The molecule has 0 spiro atoms. The number of thiocarbonyl (C=S) groups is 1. The lowest BCUT2D eigenvalue weighted by molar-refractivity contribution is -0.122. The largest absolute Gasteiger partial charge is 0.493 e. The van der Waals surface area contributed by atoms with Crippen molar-refractivity contribution in [2.24, 2.45) is 0 Å². The molecule has 3 aromatic carbocycles. The number of hydrogen-bond acceptors (Lipinski definition) is 5. The molecule has 1 aliphatic heterocycles. The van der Waals surface area contributed by atoms with E-state index in [-0.39, 0.29) is 18.3 Å². The van der Waals surface area contributed by atoms with E-state index in [1.54, 1.807) is 36.3 Å². The van der Waals surface area contributed by atoms with Crippen LogP contribution in [0.4, 0.5) is 4.39 Å². The number of benzene rings is 3. The van der Waals surface area contributed by atoms with Crippen LogP contribution in [0.1, 0.15) is 22.3 Å². The normalized spacial score (nSPS) is 14.8. The van der Waals surface area contributed by atoms with E-state index in [1.165, 1.54) is 29.5 Å². The average molecular weight is 480 g/mol. The molecule has 1 fully saturated rings. The number of aryl methyl sites for hydroxylation is 1. The highest BCUT2D eigenvalue weighted by molar-refractivity contribution is 8.26. The fourth-order valence-electron chi connectivity index (χ4n) is 3.30. The van der Waals surface area contributed by atoms with Crippen molar-refractivity contribution in [3.8, 4) is 11.5 Å². The van der Waals surface area contributed by atoms with Gasteiger partial charge in [0, 0.05) is 0 Å². The number of amides is 1. The molecule has 3 aromatic rings. The van der Waals surface area contributed by atoms with Crippen molar-refractivity contribution in [2.45, 2.75) is 20.1 Å². The summed E-state index contributed by atoms with van der Waals surface area (Å²) in [4.78, 5) is 15.1. The summed E-state index contributed by atoms with van der Waals surface area (Å²) in [6.07, 6.45) is 1.81. The second kappa shape index (κ2) is 10.2. The van der Waals surface area contributed by atoms with Crippen LogP contribution in [-0.4, -0.2) is 22.2 Å². The molecule has 1 amide bonds. The number of hydrogen-bond donors (Lipinski definition) is 0. The van der Waals surface area contributed by atoms with Gasteiger partial charge in [-0.05, 0) is 54.0 Å². The summed E-state index contributed by atoms with van der Waals surface area (Å²) < 4.78 is 24.9. The number of carbonyl (C=O) groups is 1. The molecule has 4 rings (SSSR count). The Balaban J connectivity index is 1.47. The van der Waals surface area contributed by atoms with Gasteiger partial charge in [0.2, 0.25) is 0 Å². The van der Waals surface area contributed by atoms with Gasteiger partial charge in [-0.25, -0.2) is 4.39 Å². The Bertz CT molecular complexity index is 1210. The Morgan fingerprint density at radius 3 is 2.39 bits per heavy atom. The monoisotopic (exact) mass is 479 g/mol. The van der Waals surface area contributed by atoms with Crippen LogP contribution in [0.5, 0.6) is 11.5 Å². The van der Waals surface area contributed by atoms with E-state index >= 15 is 0 Å². The molecule has 1 saturated heterocycles. The van der Waals surface area contributed by atoms with Crippen molar-refractivity contribution in [1.82, 2.24) is 4.90 Å². The Morgan fingerprint density at radius 1 is 1.00 bits per heavy atom. The predicted molar refractivity (Wildman–Crippen MR) is 134 cm³/mol. The van der Waals surface area contributed by atoms with Crippen LogP contribution in [0.25, 0.3) is 6.08 Å². The summed E-state index contributed by atoms with van der Waals surface area (Å²) in [5.74, 6) is 0.707. The Hall–Kier alpha value is -3.16. The van der Waals surface area contributed by atoms with E-state index in [2.05, 4.69) is 0 Å². The first-order valence-electron chi connectivity index (χ1n) is 10.3. The van der Waals surface area contributed by atoms with Gasteiger partial charge in [0.05, 0.1) is 18.6 Å². The standard InChI is InChI=1S/C26H22FNO3S2/c1-17-3-5-18(6-4-17)15-28-25(29)24(33-26(28)32)14-20-9-12-22(23(13-20)30-2)31-16-19-7-10-21(27)11-8-19/h3-14H,15-16H2,1-2H3/b24-14-. The topological polar surface area (TPSA) is 38.8 Å². The molecule has 0 aliphatic carbocycles. The van der Waals surface area contributed by atoms with Crippen LogP contribution < -0.4 is 9.47 Å². The van der Waals surface area contributed by atoms with Gasteiger partial charge >= 0.3 is 0 Å². The number of methoxy groups -OCH3 is 1.